The van der Waals surface area contributed by atoms with Crippen molar-refractivity contribution in [2.45, 2.75) is 6.92 Å². The van der Waals surface area contributed by atoms with Gasteiger partial charge in [0.15, 0.2) is 0 Å². The van der Waals surface area contributed by atoms with Crippen molar-refractivity contribution >= 4 is 23.5 Å². The number of primary amides is 1. The molecule has 0 fully saturated rings. The van der Waals surface area contributed by atoms with Gasteiger partial charge in [0.1, 0.15) is 23.9 Å². The Hall–Kier alpha value is -1.56. The maximum absolute atomic E-state index is 10.3. The summed E-state index contributed by atoms with van der Waals surface area (Å²) in [6.07, 6.45) is 0.557. The smallest absolute Gasteiger partial charge is 0.404 e. The van der Waals surface area contributed by atoms with Crippen LogP contribution in [0.1, 0.15) is 5.56 Å². The summed E-state index contributed by atoms with van der Waals surface area (Å²) in [5.41, 5.74) is 5.54. The van der Waals surface area contributed by atoms with Crippen LogP contribution in [0.3, 0.4) is 0 Å². The Morgan fingerprint density at radius 2 is 2.40 bits per heavy atom. The minimum atomic E-state index is -0.797. The molecule has 0 bridgehead atoms. The van der Waals surface area contributed by atoms with E-state index < -0.39 is 6.09 Å². The van der Waals surface area contributed by atoms with Gasteiger partial charge in [-0.2, -0.15) is 0 Å². The van der Waals surface area contributed by atoms with Crippen molar-refractivity contribution in [3.05, 3.63) is 17.0 Å². The van der Waals surface area contributed by atoms with Gasteiger partial charge >= 0.3 is 6.09 Å². The number of hydrogen-bond acceptors (Lipinski definition) is 5. The number of nitrogens with one attached hydrogen (secondary N) is 1. The van der Waals surface area contributed by atoms with E-state index in [4.69, 9.17) is 17.3 Å². The van der Waals surface area contributed by atoms with E-state index in [1.54, 1.807) is 6.92 Å². The summed E-state index contributed by atoms with van der Waals surface area (Å²) < 4.78 is 4.53. The highest BCUT2D eigenvalue weighted by molar-refractivity contribution is 6.30. The van der Waals surface area contributed by atoms with Gasteiger partial charge in [-0.25, -0.2) is 14.8 Å². The Labute approximate surface area is 91.8 Å². The number of amides is 1. The van der Waals surface area contributed by atoms with Crippen LogP contribution < -0.4 is 11.1 Å². The fraction of sp³-hybridized carbons (Fsp3) is 0.375. The molecule has 0 saturated heterocycles. The van der Waals surface area contributed by atoms with E-state index in [9.17, 15) is 4.79 Å². The molecule has 7 heteroatoms. The largest absolute Gasteiger partial charge is 0.448 e. The topological polar surface area (TPSA) is 90.1 Å². The fourth-order valence-electron chi connectivity index (χ4n) is 0.928. The highest BCUT2D eigenvalue weighted by atomic mass is 35.5. The molecule has 15 heavy (non-hydrogen) atoms. The van der Waals surface area contributed by atoms with Gasteiger partial charge in [0.05, 0.1) is 6.54 Å². The minimum Gasteiger partial charge on any atom is -0.448 e. The number of aromatic nitrogens is 2. The quantitative estimate of drug-likeness (QED) is 0.594. The second kappa shape index (κ2) is 5.35. The van der Waals surface area contributed by atoms with Crippen molar-refractivity contribution in [1.29, 1.82) is 0 Å². The Morgan fingerprint density at radius 1 is 1.67 bits per heavy atom. The van der Waals surface area contributed by atoms with Crippen LogP contribution in [0.5, 0.6) is 0 Å². The van der Waals surface area contributed by atoms with E-state index in [0.29, 0.717) is 17.5 Å². The highest BCUT2D eigenvalue weighted by Gasteiger charge is 2.03. The van der Waals surface area contributed by atoms with E-state index in [0.717, 1.165) is 5.56 Å². The summed E-state index contributed by atoms with van der Waals surface area (Å²) in [7, 11) is 0. The molecule has 1 amide bonds. The molecular weight excluding hydrogens is 220 g/mol. The fourth-order valence-corrected chi connectivity index (χ4v) is 1.06. The highest BCUT2D eigenvalue weighted by Crippen LogP contribution is 2.17. The Bertz CT molecular complexity index is 358. The van der Waals surface area contributed by atoms with Gasteiger partial charge in [-0.05, 0) is 6.92 Å². The van der Waals surface area contributed by atoms with E-state index in [1.165, 1.54) is 6.33 Å². The molecule has 0 spiro atoms. The molecule has 0 aromatic carbocycles. The van der Waals surface area contributed by atoms with E-state index >= 15 is 0 Å². The lowest BCUT2D eigenvalue weighted by Crippen LogP contribution is -2.19. The summed E-state index contributed by atoms with van der Waals surface area (Å²) in [5.74, 6) is 0.614. The van der Waals surface area contributed by atoms with E-state index in [-0.39, 0.29) is 6.61 Å². The first-order valence-corrected chi connectivity index (χ1v) is 4.62. The molecule has 0 aliphatic carbocycles. The van der Waals surface area contributed by atoms with Crippen LogP contribution in [0.25, 0.3) is 0 Å². The maximum atomic E-state index is 10.3. The lowest BCUT2D eigenvalue weighted by Gasteiger charge is -2.08. The summed E-state index contributed by atoms with van der Waals surface area (Å²) in [5, 5.41) is 3.33. The van der Waals surface area contributed by atoms with Crippen LogP contribution >= 0.6 is 11.6 Å². The minimum absolute atomic E-state index is 0.177. The zero-order valence-corrected chi connectivity index (χ0v) is 8.91. The molecule has 6 nitrogen and oxygen atoms in total. The molecule has 1 aromatic heterocycles. The van der Waals surface area contributed by atoms with Crippen molar-refractivity contribution in [2.75, 3.05) is 18.5 Å². The molecule has 1 rings (SSSR count). The number of anilines is 1. The van der Waals surface area contributed by atoms with E-state index in [2.05, 4.69) is 20.0 Å². The first kappa shape index (κ1) is 11.5. The lowest BCUT2D eigenvalue weighted by molar-refractivity contribution is 0.161. The number of halogens is 1. The van der Waals surface area contributed by atoms with Gasteiger partial charge < -0.3 is 15.8 Å². The molecule has 0 atom stereocenters. The average Bonchev–Trinajstić information content (AvgIpc) is 2.18. The molecule has 0 unspecified atom stereocenters. The summed E-state index contributed by atoms with van der Waals surface area (Å²) in [4.78, 5) is 18.0. The predicted octanol–water partition coefficient (Wildman–Crippen LogP) is 0.946. The predicted molar refractivity (Wildman–Crippen MR) is 55.8 cm³/mol. The van der Waals surface area contributed by atoms with Crippen molar-refractivity contribution in [2.24, 2.45) is 5.73 Å². The number of rotatable bonds is 4. The van der Waals surface area contributed by atoms with Crippen LogP contribution in [0.15, 0.2) is 6.33 Å². The van der Waals surface area contributed by atoms with Crippen LogP contribution in [0.4, 0.5) is 10.6 Å². The SMILES string of the molecule is Cc1c(Cl)ncnc1NCCOC(N)=O. The van der Waals surface area contributed by atoms with Crippen molar-refractivity contribution in [1.82, 2.24) is 9.97 Å². The molecule has 0 radical (unpaired) electrons. The van der Waals surface area contributed by atoms with Crippen LogP contribution in [0, 0.1) is 6.92 Å². The number of carbonyl (C=O) groups excluding carboxylic acids is 1. The number of hydrogen-bond donors (Lipinski definition) is 2. The number of nitrogens with zero attached hydrogens (tertiary/aromatic N) is 2. The lowest BCUT2D eigenvalue weighted by atomic mass is 10.3. The van der Waals surface area contributed by atoms with Crippen LogP contribution in [-0.4, -0.2) is 29.2 Å². The average molecular weight is 231 g/mol. The standard InChI is InChI=1S/C8H11ClN4O2/c1-5-6(9)12-4-13-7(5)11-2-3-15-8(10)14/h4H,2-3H2,1H3,(H2,10,14)(H,11,12,13). The van der Waals surface area contributed by atoms with Crippen molar-refractivity contribution < 1.29 is 9.53 Å². The first-order chi connectivity index (χ1) is 7.11. The van der Waals surface area contributed by atoms with Gasteiger partial charge in [0.25, 0.3) is 0 Å². The third-order valence-electron chi connectivity index (χ3n) is 1.66. The van der Waals surface area contributed by atoms with E-state index in [1.807, 2.05) is 0 Å². The Morgan fingerprint density at radius 3 is 3.07 bits per heavy atom. The number of nitrogens with two attached hydrogens (primary N) is 1. The second-order valence-electron chi connectivity index (χ2n) is 2.73. The zero-order chi connectivity index (χ0) is 11.3. The van der Waals surface area contributed by atoms with Crippen molar-refractivity contribution in [3.8, 4) is 0 Å². The van der Waals surface area contributed by atoms with Gasteiger partial charge in [-0.3, -0.25) is 0 Å². The monoisotopic (exact) mass is 230 g/mol. The molecule has 0 saturated carbocycles. The van der Waals surface area contributed by atoms with Gasteiger partial charge in [-0.15, -0.1) is 0 Å². The third kappa shape index (κ3) is 3.59. The number of carbonyl (C=O) groups is 1. The second-order valence-corrected chi connectivity index (χ2v) is 3.09. The molecule has 1 heterocycles. The molecular formula is C8H11ClN4O2. The van der Waals surface area contributed by atoms with Crippen molar-refractivity contribution in [3.63, 3.8) is 0 Å². The third-order valence-corrected chi connectivity index (χ3v) is 2.04. The Kier molecular flexibility index (Phi) is 4.11. The van der Waals surface area contributed by atoms with Crippen LogP contribution in [0.2, 0.25) is 5.15 Å². The zero-order valence-electron chi connectivity index (χ0n) is 8.16. The first-order valence-electron chi connectivity index (χ1n) is 4.24. The summed E-state index contributed by atoms with van der Waals surface area (Å²) in [6, 6.07) is 0. The molecule has 0 aliphatic heterocycles. The maximum Gasteiger partial charge on any atom is 0.404 e. The van der Waals surface area contributed by atoms with Crippen LogP contribution in [-0.2, 0) is 4.74 Å². The molecule has 82 valence electrons. The summed E-state index contributed by atoms with van der Waals surface area (Å²) >= 11 is 5.78. The van der Waals surface area contributed by atoms with Gasteiger partial charge in [0.2, 0.25) is 0 Å². The van der Waals surface area contributed by atoms with Gasteiger partial charge in [0, 0.05) is 5.56 Å². The molecule has 1 aromatic rings. The summed E-state index contributed by atoms with van der Waals surface area (Å²) in [6.45, 7) is 2.38. The number of ether oxygens (including phenoxy) is 1. The Balaban J connectivity index is 2.44. The molecule has 0 aliphatic rings. The normalized spacial score (nSPS) is 9.73. The van der Waals surface area contributed by atoms with Gasteiger partial charge in [-0.1, -0.05) is 11.6 Å². The molecule has 3 N–H and O–H groups in total.